The number of hydrogen-bond donors (Lipinski definition) is 1. The number of fused-ring (bicyclic) bond motifs is 1. The normalized spacial score (nSPS) is 12.7. The third-order valence-electron chi connectivity index (χ3n) is 3.38. The topological polar surface area (TPSA) is 56.7 Å². The Bertz CT molecular complexity index is 688. The van der Waals surface area contributed by atoms with E-state index in [-0.39, 0.29) is 6.04 Å². The van der Waals surface area contributed by atoms with Gasteiger partial charge in [0.2, 0.25) is 0 Å². The number of imidazole rings is 1. The minimum atomic E-state index is 0.0705. The zero-order valence-corrected chi connectivity index (χ0v) is 10.8. The summed E-state index contributed by atoms with van der Waals surface area (Å²) < 4.78 is 2.19. The summed E-state index contributed by atoms with van der Waals surface area (Å²) in [4.78, 5) is 8.78. The van der Waals surface area contributed by atoms with Gasteiger partial charge in [-0.25, -0.2) is 4.98 Å². The lowest BCUT2D eigenvalue weighted by atomic mass is 10.1. The van der Waals surface area contributed by atoms with E-state index in [0.717, 1.165) is 22.4 Å². The van der Waals surface area contributed by atoms with Gasteiger partial charge in [-0.2, -0.15) is 0 Å². The summed E-state index contributed by atoms with van der Waals surface area (Å²) in [5.41, 5.74) is 9.20. The highest BCUT2D eigenvalue weighted by atomic mass is 15.1. The molecule has 0 saturated heterocycles. The zero-order chi connectivity index (χ0) is 13.2. The van der Waals surface area contributed by atoms with Crippen molar-refractivity contribution >= 4 is 11.0 Å². The van der Waals surface area contributed by atoms with Gasteiger partial charge in [0.05, 0.1) is 17.1 Å². The van der Waals surface area contributed by atoms with E-state index in [2.05, 4.69) is 26.7 Å². The number of para-hydroxylation sites is 2. The van der Waals surface area contributed by atoms with Crippen LogP contribution in [0.3, 0.4) is 0 Å². The molecule has 0 amide bonds. The van der Waals surface area contributed by atoms with Crippen LogP contribution in [0.25, 0.3) is 11.0 Å². The van der Waals surface area contributed by atoms with E-state index in [0.29, 0.717) is 6.54 Å². The quantitative estimate of drug-likeness (QED) is 0.778. The summed E-state index contributed by atoms with van der Waals surface area (Å²) in [6.07, 6.45) is 3.64. The number of nitrogens with zero attached hydrogens (tertiary/aromatic N) is 3. The second-order valence-corrected chi connectivity index (χ2v) is 4.56. The van der Waals surface area contributed by atoms with Gasteiger partial charge in [0.15, 0.2) is 0 Å². The lowest BCUT2D eigenvalue weighted by Crippen LogP contribution is -2.21. The van der Waals surface area contributed by atoms with Crippen molar-refractivity contribution < 1.29 is 0 Å². The highest BCUT2D eigenvalue weighted by molar-refractivity contribution is 5.76. The van der Waals surface area contributed by atoms with Crippen LogP contribution < -0.4 is 5.73 Å². The Balaban J connectivity index is 2.19. The predicted octanol–water partition coefficient (Wildman–Crippen LogP) is 2.29. The van der Waals surface area contributed by atoms with Gasteiger partial charge in [-0.05, 0) is 30.7 Å². The van der Waals surface area contributed by atoms with E-state index in [1.54, 1.807) is 6.20 Å². The minimum absolute atomic E-state index is 0.0705. The highest BCUT2D eigenvalue weighted by Crippen LogP contribution is 2.24. The molecular weight excluding hydrogens is 236 g/mol. The highest BCUT2D eigenvalue weighted by Gasteiger charge is 2.17. The number of pyridine rings is 1. The molecule has 0 aliphatic carbocycles. The molecule has 0 spiro atoms. The molecule has 0 aliphatic heterocycles. The molecule has 96 valence electrons. The molecule has 3 rings (SSSR count). The van der Waals surface area contributed by atoms with Crippen molar-refractivity contribution in [2.75, 3.05) is 6.54 Å². The maximum Gasteiger partial charge on any atom is 0.107 e. The minimum Gasteiger partial charge on any atom is -0.328 e. The van der Waals surface area contributed by atoms with Crippen LogP contribution in [0.5, 0.6) is 0 Å². The van der Waals surface area contributed by atoms with Crippen LogP contribution in [0.2, 0.25) is 0 Å². The molecular formula is C15H16N4. The molecule has 0 fully saturated rings. The van der Waals surface area contributed by atoms with Gasteiger partial charge in [-0.3, -0.25) is 4.98 Å². The standard InChI is InChI=1S/C15H16N4/c1-11-18-13-6-2-3-7-14(13)19(11)15(9-16)12-5-4-8-17-10-12/h2-8,10,15H,9,16H2,1H3. The van der Waals surface area contributed by atoms with E-state index in [1.807, 2.05) is 37.4 Å². The summed E-state index contributed by atoms with van der Waals surface area (Å²) in [6, 6.07) is 12.2. The number of nitrogens with two attached hydrogens (primary N) is 1. The van der Waals surface area contributed by atoms with Gasteiger partial charge in [0.25, 0.3) is 0 Å². The Kier molecular flexibility index (Phi) is 3.01. The predicted molar refractivity (Wildman–Crippen MR) is 75.9 cm³/mol. The molecule has 0 saturated carbocycles. The van der Waals surface area contributed by atoms with E-state index < -0.39 is 0 Å². The molecule has 2 aromatic heterocycles. The van der Waals surface area contributed by atoms with Crippen LogP contribution in [0.1, 0.15) is 17.4 Å². The third-order valence-corrected chi connectivity index (χ3v) is 3.38. The van der Waals surface area contributed by atoms with E-state index >= 15 is 0 Å². The molecule has 4 nitrogen and oxygen atoms in total. The van der Waals surface area contributed by atoms with E-state index in [4.69, 9.17) is 5.73 Å². The smallest absolute Gasteiger partial charge is 0.107 e. The van der Waals surface area contributed by atoms with Crippen LogP contribution >= 0.6 is 0 Å². The van der Waals surface area contributed by atoms with Crippen LogP contribution in [-0.4, -0.2) is 21.1 Å². The fourth-order valence-corrected chi connectivity index (χ4v) is 2.52. The number of rotatable bonds is 3. The fraction of sp³-hybridized carbons (Fsp3) is 0.200. The summed E-state index contributed by atoms with van der Waals surface area (Å²) in [7, 11) is 0. The van der Waals surface area contributed by atoms with Gasteiger partial charge < -0.3 is 10.3 Å². The molecule has 1 unspecified atom stereocenters. The van der Waals surface area contributed by atoms with Gasteiger partial charge in [0.1, 0.15) is 5.82 Å². The second-order valence-electron chi connectivity index (χ2n) is 4.56. The zero-order valence-electron chi connectivity index (χ0n) is 10.8. The van der Waals surface area contributed by atoms with Crippen molar-refractivity contribution in [1.29, 1.82) is 0 Å². The van der Waals surface area contributed by atoms with Crippen molar-refractivity contribution in [3.05, 3.63) is 60.2 Å². The Labute approximate surface area is 111 Å². The third kappa shape index (κ3) is 2.00. The second kappa shape index (κ2) is 4.82. The Morgan fingerprint density at radius 2 is 2.05 bits per heavy atom. The van der Waals surface area contributed by atoms with Crippen LogP contribution in [0, 0.1) is 6.92 Å². The molecule has 1 atom stereocenters. The first kappa shape index (κ1) is 11.9. The van der Waals surface area contributed by atoms with Crippen LogP contribution in [0.15, 0.2) is 48.8 Å². The van der Waals surface area contributed by atoms with Gasteiger partial charge in [-0.15, -0.1) is 0 Å². The fourth-order valence-electron chi connectivity index (χ4n) is 2.52. The molecule has 4 heteroatoms. The first-order valence-electron chi connectivity index (χ1n) is 6.35. The maximum atomic E-state index is 5.98. The average molecular weight is 252 g/mol. The van der Waals surface area contributed by atoms with Crippen molar-refractivity contribution in [1.82, 2.24) is 14.5 Å². The number of benzene rings is 1. The lowest BCUT2D eigenvalue weighted by molar-refractivity contribution is 0.592. The summed E-state index contributed by atoms with van der Waals surface area (Å²) >= 11 is 0. The lowest BCUT2D eigenvalue weighted by Gasteiger charge is -2.19. The van der Waals surface area contributed by atoms with Crippen molar-refractivity contribution in [2.45, 2.75) is 13.0 Å². The monoisotopic (exact) mass is 252 g/mol. The van der Waals surface area contributed by atoms with Crippen molar-refractivity contribution in [3.63, 3.8) is 0 Å². The molecule has 19 heavy (non-hydrogen) atoms. The largest absolute Gasteiger partial charge is 0.328 e. The summed E-state index contributed by atoms with van der Waals surface area (Å²) in [5, 5.41) is 0. The van der Waals surface area contributed by atoms with E-state index in [1.165, 1.54) is 0 Å². The summed E-state index contributed by atoms with van der Waals surface area (Å²) in [5.74, 6) is 0.973. The van der Waals surface area contributed by atoms with Crippen LogP contribution in [0.4, 0.5) is 0 Å². The summed E-state index contributed by atoms with van der Waals surface area (Å²) in [6.45, 7) is 2.53. The Hall–Kier alpha value is -2.20. The number of aryl methyl sites for hydroxylation is 1. The van der Waals surface area contributed by atoms with Crippen molar-refractivity contribution in [2.24, 2.45) is 5.73 Å². The van der Waals surface area contributed by atoms with E-state index in [9.17, 15) is 0 Å². The molecule has 0 radical (unpaired) electrons. The maximum absolute atomic E-state index is 5.98. The van der Waals surface area contributed by atoms with Gasteiger partial charge >= 0.3 is 0 Å². The van der Waals surface area contributed by atoms with Gasteiger partial charge in [0, 0.05) is 18.9 Å². The molecule has 1 aromatic carbocycles. The molecule has 0 bridgehead atoms. The molecule has 3 aromatic rings. The Morgan fingerprint density at radius 3 is 2.79 bits per heavy atom. The number of hydrogen-bond acceptors (Lipinski definition) is 3. The molecule has 2 N–H and O–H groups in total. The SMILES string of the molecule is Cc1nc2ccccc2n1C(CN)c1cccnc1. The van der Waals surface area contributed by atoms with Crippen molar-refractivity contribution in [3.8, 4) is 0 Å². The van der Waals surface area contributed by atoms with Crippen LogP contribution in [-0.2, 0) is 0 Å². The average Bonchev–Trinajstić information content (AvgIpc) is 2.78. The first-order chi connectivity index (χ1) is 9.31. The molecule has 2 heterocycles. The Morgan fingerprint density at radius 1 is 1.21 bits per heavy atom. The molecule has 0 aliphatic rings. The number of aromatic nitrogens is 3. The first-order valence-corrected chi connectivity index (χ1v) is 6.35. The van der Waals surface area contributed by atoms with Gasteiger partial charge in [-0.1, -0.05) is 18.2 Å².